The summed E-state index contributed by atoms with van der Waals surface area (Å²) in [4.78, 5) is 10.4. The molecule has 1 aliphatic carbocycles. The summed E-state index contributed by atoms with van der Waals surface area (Å²) in [6, 6.07) is 32.4. The van der Waals surface area contributed by atoms with E-state index in [2.05, 4.69) is 93.1 Å². The Morgan fingerprint density at radius 3 is 2.30 bits per heavy atom. The van der Waals surface area contributed by atoms with Gasteiger partial charge in [-0.1, -0.05) is 75.5 Å². The van der Waals surface area contributed by atoms with Gasteiger partial charge in [-0.25, -0.2) is 4.98 Å². The molecule has 0 radical (unpaired) electrons. The molecule has 3 aromatic heterocycles. The van der Waals surface area contributed by atoms with Crippen LogP contribution in [0.15, 0.2) is 95.5 Å². The summed E-state index contributed by atoms with van der Waals surface area (Å²) >= 11 is 0. The first-order chi connectivity index (χ1) is 21.8. The summed E-state index contributed by atoms with van der Waals surface area (Å²) in [5.41, 5.74) is 11.6. The third kappa shape index (κ3) is 5.07. The number of phenolic OH excluding ortho intramolecular Hbond substituents is 1. The largest absolute Gasteiger partial charge is 0.507 e. The predicted octanol–water partition coefficient (Wildman–Crippen LogP) is 10.0. The number of furan rings is 1. The number of nitrogens with zero attached hydrogens (tertiary/aromatic N) is 3. The summed E-state index contributed by atoms with van der Waals surface area (Å²) < 4.78 is 8.30. The first kappa shape index (κ1) is 30.2. The fraction of sp³-hybridized carbons (Fsp3) is 0.200. The topological polar surface area (TPSA) is 64.1 Å². The fourth-order valence-corrected chi connectivity index (χ4v) is 6.54. The van der Waals surface area contributed by atoms with Crippen LogP contribution < -0.4 is 0 Å². The number of hydrogen-bond acceptors (Lipinski definition) is 4. The maximum absolute atomic E-state index is 10.8. The van der Waals surface area contributed by atoms with E-state index in [9.17, 15) is 5.11 Å². The first-order valence-corrected chi connectivity index (χ1v) is 15.7. The quantitative estimate of drug-likeness (QED) is 0.177. The molecule has 0 atom stereocenters. The predicted molar refractivity (Wildman–Crippen MR) is 181 cm³/mol. The van der Waals surface area contributed by atoms with Gasteiger partial charge in [0, 0.05) is 43.9 Å². The molecule has 7 aromatic rings. The van der Waals surface area contributed by atoms with Crippen LogP contribution in [0.1, 0.15) is 61.8 Å². The van der Waals surface area contributed by atoms with Crippen molar-refractivity contribution in [2.45, 2.75) is 52.4 Å². The number of pyridine rings is 1. The van der Waals surface area contributed by atoms with Crippen molar-refractivity contribution >= 4 is 21.9 Å². The Bertz CT molecular complexity index is 2230. The molecule has 0 unspecified atom stereocenters. The van der Waals surface area contributed by atoms with Crippen LogP contribution in [0.3, 0.4) is 0 Å². The Morgan fingerprint density at radius 1 is 0.761 bits per heavy atom. The molecule has 5 nitrogen and oxygen atoms in total. The third-order valence-corrected chi connectivity index (χ3v) is 9.10. The molecule has 232 valence electrons. The summed E-state index contributed by atoms with van der Waals surface area (Å²) in [6.07, 6.45) is 3.88. The van der Waals surface area contributed by atoms with Crippen LogP contribution in [0.2, 0.25) is 0 Å². The zero-order valence-electron chi connectivity index (χ0n) is 26.2. The molecule has 0 saturated carbocycles. The maximum Gasteiger partial charge on any atom is 0.125 e. The van der Waals surface area contributed by atoms with Crippen molar-refractivity contribution in [3.63, 3.8) is 0 Å². The number of imidazole rings is 1. The molecule has 3 heterocycles. The number of aromatic hydroxyl groups is 1. The molecule has 0 fully saturated rings. The van der Waals surface area contributed by atoms with E-state index < -0.39 is 0 Å². The Labute approximate surface area is 283 Å². The monoisotopic (exact) mass is 783 g/mol. The van der Waals surface area contributed by atoms with Crippen LogP contribution in [-0.2, 0) is 33.9 Å². The molecule has 46 heavy (non-hydrogen) atoms. The maximum atomic E-state index is 10.8. The number of para-hydroxylation sites is 1. The average Bonchev–Trinajstić information content (AvgIpc) is 3.66. The summed E-state index contributed by atoms with van der Waals surface area (Å²) in [5.74, 6) is 1.81. The molecule has 0 amide bonds. The van der Waals surface area contributed by atoms with Gasteiger partial charge >= 0.3 is 0 Å². The normalized spacial score (nSPS) is 12.5. The average molecular weight is 784 g/mol. The Morgan fingerprint density at radius 2 is 1.52 bits per heavy atom. The second-order valence-electron chi connectivity index (χ2n) is 12.7. The van der Waals surface area contributed by atoms with E-state index in [0.717, 1.165) is 85.6 Å². The van der Waals surface area contributed by atoms with Gasteiger partial charge in [-0.2, -0.15) is 0 Å². The van der Waals surface area contributed by atoms with Crippen molar-refractivity contribution in [3.8, 4) is 45.5 Å². The Kier molecular flexibility index (Phi) is 7.69. The van der Waals surface area contributed by atoms with Crippen LogP contribution in [0.5, 0.6) is 5.75 Å². The SMILES string of the molecule is CC(C)c1cc(C(C)C)cc(-n2cc(-c3ccc4c(n3)-c3c(O)cccc3CC4)nc2-c2[c-]cc3oc4ccccc4c3c2)c1.[Pt]. The fourth-order valence-electron chi connectivity index (χ4n) is 6.54. The molecule has 8 rings (SSSR count). The molecule has 0 bridgehead atoms. The van der Waals surface area contributed by atoms with Gasteiger partial charge < -0.3 is 14.1 Å². The molecule has 0 aliphatic heterocycles. The minimum absolute atomic E-state index is 0. The van der Waals surface area contributed by atoms with Gasteiger partial charge in [0.15, 0.2) is 0 Å². The van der Waals surface area contributed by atoms with Crippen LogP contribution in [-0.4, -0.2) is 19.6 Å². The molecule has 4 aromatic carbocycles. The van der Waals surface area contributed by atoms with E-state index in [1.807, 2.05) is 30.3 Å². The first-order valence-electron chi connectivity index (χ1n) is 15.7. The van der Waals surface area contributed by atoms with Crippen molar-refractivity contribution in [2.24, 2.45) is 0 Å². The van der Waals surface area contributed by atoms with Crippen molar-refractivity contribution in [1.29, 1.82) is 0 Å². The molecule has 1 aliphatic rings. The molecule has 1 N–H and O–H groups in total. The van der Waals surface area contributed by atoms with Gasteiger partial charge in [0.2, 0.25) is 0 Å². The van der Waals surface area contributed by atoms with Gasteiger partial charge in [0.1, 0.15) is 11.3 Å². The number of aryl methyl sites for hydroxylation is 2. The molecular weight excluding hydrogens is 750 g/mol. The van der Waals surface area contributed by atoms with Crippen LogP contribution in [0.25, 0.3) is 61.7 Å². The summed E-state index contributed by atoms with van der Waals surface area (Å²) in [6.45, 7) is 8.94. The molecular formula is C40H34N3O2Pt-. The van der Waals surface area contributed by atoms with E-state index in [1.165, 1.54) is 11.1 Å². The summed E-state index contributed by atoms with van der Waals surface area (Å²) in [5, 5.41) is 12.9. The van der Waals surface area contributed by atoms with E-state index in [1.54, 1.807) is 6.07 Å². The van der Waals surface area contributed by atoms with Gasteiger partial charge in [0.05, 0.1) is 28.5 Å². The van der Waals surface area contributed by atoms with Crippen LogP contribution in [0.4, 0.5) is 0 Å². The number of hydrogen-bond donors (Lipinski definition) is 1. The second kappa shape index (κ2) is 11.7. The number of fused-ring (bicyclic) bond motifs is 6. The number of phenols is 1. The zero-order chi connectivity index (χ0) is 30.8. The van der Waals surface area contributed by atoms with Gasteiger partial charge in [-0.05, 0) is 77.3 Å². The minimum Gasteiger partial charge on any atom is -0.507 e. The van der Waals surface area contributed by atoms with Gasteiger partial charge in [-0.15, -0.1) is 23.8 Å². The van der Waals surface area contributed by atoms with Gasteiger partial charge in [-0.3, -0.25) is 4.98 Å². The Hall–Kier alpha value is -4.47. The minimum atomic E-state index is 0. The van der Waals surface area contributed by atoms with Crippen molar-refractivity contribution in [1.82, 2.24) is 14.5 Å². The van der Waals surface area contributed by atoms with E-state index in [-0.39, 0.29) is 26.8 Å². The number of aromatic nitrogens is 3. The van der Waals surface area contributed by atoms with E-state index in [0.29, 0.717) is 11.8 Å². The van der Waals surface area contributed by atoms with E-state index >= 15 is 0 Å². The van der Waals surface area contributed by atoms with E-state index in [4.69, 9.17) is 14.4 Å². The van der Waals surface area contributed by atoms with Crippen LogP contribution in [0, 0.1) is 6.07 Å². The number of benzene rings is 4. The van der Waals surface area contributed by atoms with Crippen molar-refractivity contribution in [2.75, 3.05) is 0 Å². The zero-order valence-corrected chi connectivity index (χ0v) is 28.5. The molecule has 0 saturated heterocycles. The standard InChI is InChI=1S/C40H34N3O2.Pt/c1-23(2)28-18-29(24(3)4)20-30(19-28)43-22-34(33-16-14-26-13-12-25-8-7-10-35(44)38(25)39(26)41-33)42-40(43)27-15-17-37-32(21-27)31-9-5-6-11-36(31)45-37;/h5-11,14,16-24,44H,12-13H2,1-4H3;/q-1;. The molecule has 0 spiro atoms. The molecule has 6 heteroatoms. The Balaban J connectivity index is 0.00000338. The smallest absolute Gasteiger partial charge is 0.125 e. The van der Waals surface area contributed by atoms with Crippen LogP contribution >= 0.6 is 0 Å². The van der Waals surface area contributed by atoms with Crippen molar-refractivity contribution < 1.29 is 30.6 Å². The number of rotatable bonds is 5. The van der Waals surface area contributed by atoms with Crippen molar-refractivity contribution in [3.05, 3.63) is 119 Å². The summed E-state index contributed by atoms with van der Waals surface area (Å²) in [7, 11) is 0. The third-order valence-electron chi connectivity index (χ3n) is 9.10. The van der Waals surface area contributed by atoms with Gasteiger partial charge in [0.25, 0.3) is 0 Å². The second-order valence-corrected chi connectivity index (χ2v) is 12.7.